The maximum Gasteiger partial charge on any atom is 0.353 e. The van der Waals surface area contributed by atoms with E-state index in [1.807, 2.05) is 24.0 Å². The molecule has 2 aromatic rings. The SMILES string of the molecule is C[C@@H](O)[C@H]1C(=O)N2C(C(=O)O)=C(S[C@@H]3C[C@H](C(=O)Nc4cccc(C(=O)O)c4)N(Cc4ccc(N)cc4)C3)[C@H](C)[C@H]12. The van der Waals surface area contributed by atoms with Crippen molar-refractivity contribution < 1.29 is 34.5 Å². The number of nitrogens with two attached hydrogens (primary N) is 1. The van der Waals surface area contributed by atoms with Crippen molar-refractivity contribution in [2.45, 2.75) is 50.3 Å². The van der Waals surface area contributed by atoms with Crippen LogP contribution >= 0.6 is 11.8 Å². The first-order chi connectivity index (χ1) is 19.5. The van der Waals surface area contributed by atoms with Crippen LogP contribution in [0.15, 0.2) is 59.1 Å². The highest BCUT2D eigenvalue weighted by Gasteiger charge is 2.60. The van der Waals surface area contributed by atoms with Crippen LogP contribution in [0.5, 0.6) is 0 Å². The Kier molecular flexibility index (Phi) is 7.82. The Morgan fingerprint density at radius 1 is 1.12 bits per heavy atom. The Labute approximate surface area is 241 Å². The number of aliphatic hydroxyl groups is 1. The molecule has 2 saturated heterocycles. The molecule has 0 spiro atoms. The summed E-state index contributed by atoms with van der Waals surface area (Å²) in [4.78, 5) is 53.8. The van der Waals surface area contributed by atoms with Gasteiger partial charge in [0.15, 0.2) is 0 Å². The molecule has 3 heterocycles. The van der Waals surface area contributed by atoms with Crippen LogP contribution in [0, 0.1) is 11.8 Å². The molecule has 216 valence electrons. The Balaban J connectivity index is 1.39. The van der Waals surface area contributed by atoms with Crippen LogP contribution in [0.25, 0.3) is 0 Å². The Hall–Kier alpha value is -3.87. The molecule has 6 atom stereocenters. The number of rotatable bonds is 9. The van der Waals surface area contributed by atoms with E-state index in [0.717, 1.165) is 5.56 Å². The summed E-state index contributed by atoms with van der Waals surface area (Å²) in [6.07, 6.45) is -0.480. The number of nitrogens with zero attached hydrogens (tertiary/aromatic N) is 2. The number of β-lactam (4-membered cyclic amide) rings is 1. The van der Waals surface area contributed by atoms with Gasteiger partial charge in [-0.3, -0.25) is 14.5 Å². The largest absolute Gasteiger partial charge is 0.478 e. The predicted octanol–water partition coefficient (Wildman–Crippen LogP) is 2.44. The molecule has 11 nitrogen and oxygen atoms in total. The van der Waals surface area contributed by atoms with Gasteiger partial charge in [0.1, 0.15) is 5.70 Å². The third-order valence-electron chi connectivity index (χ3n) is 8.01. The molecule has 0 aliphatic carbocycles. The smallest absolute Gasteiger partial charge is 0.353 e. The van der Waals surface area contributed by atoms with Crippen LogP contribution in [0.4, 0.5) is 11.4 Å². The van der Waals surface area contributed by atoms with E-state index in [-0.39, 0.29) is 34.2 Å². The number of thioether (sulfide) groups is 1. The van der Waals surface area contributed by atoms with Crippen LogP contribution in [-0.2, 0) is 20.9 Å². The van der Waals surface area contributed by atoms with Gasteiger partial charge in [0.25, 0.3) is 0 Å². The van der Waals surface area contributed by atoms with Gasteiger partial charge in [-0.15, -0.1) is 11.8 Å². The van der Waals surface area contributed by atoms with Gasteiger partial charge in [0.05, 0.1) is 29.7 Å². The van der Waals surface area contributed by atoms with E-state index in [9.17, 15) is 34.5 Å². The van der Waals surface area contributed by atoms with Crippen LogP contribution < -0.4 is 11.1 Å². The van der Waals surface area contributed by atoms with E-state index in [2.05, 4.69) is 5.32 Å². The maximum atomic E-state index is 13.5. The lowest BCUT2D eigenvalue weighted by atomic mass is 9.79. The number of carbonyl (C=O) groups excluding carboxylic acids is 2. The fourth-order valence-corrected chi connectivity index (χ4v) is 7.62. The number of nitrogens with one attached hydrogen (secondary N) is 1. The number of carbonyl (C=O) groups is 4. The highest BCUT2D eigenvalue weighted by atomic mass is 32.2. The third-order valence-corrected chi connectivity index (χ3v) is 9.51. The summed E-state index contributed by atoms with van der Waals surface area (Å²) < 4.78 is 0. The second-order valence-corrected chi connectivity index (χ2v) is 12.2. The predicted molar refractivity (Wildman–Crippen MR) is 153 cm³/mol. The number of aromatic carboxylic acids is 1. The lowest BCUT2D eigenvalue weighted by Crippen LogP contribution is -2.63. The zero-order chi connectivity index (χ0) is 29.6. The highest BCUT2D eigenvalue weighted by Crippen LogP contribution is 2.52. The number of benzene rings is 2. The molecule has 41 heavy (non-hydrogen) atoms. The van der Waals surface area contributed by atoms with E-state index >= 15 is 0 Å². The minimum atomic E-state index is -1.19. The zero-order valence-corrected chi connectivity index (χ0v) is 23.4. The summed E-state index contributed by atoms with van der Waals surface area (Å²) in [6, 6.07) is 12.4. The molecule has 3 aliphatic rings. The van der Waals surface area contributed by atoms with Gasteiger partial charge in [-0.2, -0.15) is 0 Å². The third kappa shape index (κ3) is 5.42. The van der Waals surface area contributed by atoms with Gasteiger partial charge in [0.2, 0.25) is 11.8 Å². The molecule has 6 N–H and O–H groups in total. The standard InChI is InChI=1S/C29H32N4O7S/c1-14-23-22(15(2)34)27(36)33(23)24(29(39)40)25(14)41-20-11-21(32(13-20)12-16-6-8-18(30)9-7-16)26(35)31-19-5-3-4-17(10-19)28(37)38/h3-10,14-15,20-23,34H,11-13,30H2,1-2H3,(H,31,35)(H,37,38)(H,39,40)/t14-,15-,20-,21-,22-,23-/m1/s1. The van der Waals surface area contributed by atoms with Gasteiger partial charge >= 0.3 is 11.9 Å². The van der Waals surface area contributed by atoms with Crippen LogP contribution in [0.2, 0.25) is 0 Å². The molecule has 12 heteroatoms. The van der Waals surface area contributed by atoms with Crippen molar-refractivity contribution in [2.75, 3.05) is 17.6 Å². The molecule has 0 unspecified atom stereocenters. The minimum absolute atomic E-state index is 0.0436. The number of amides is 2. The van der Waals surface area contributed by atoms with Crippen molar-refractivity contribution in [3.05, 3.63) is 70.3 Å². The van der Waals surface area contributed by atoms with E-state index in [0.29, 0.717) is 35.8 Å². The normalized spacial score (nSPS) is 26.5. The number of hydrogen-bond acceptors (Lipinski definition) is 8. The minimum Gasteiger partial charge on any atom is -0.478 e. The molecule has 0 saturated carbocycles. The van der Waals surface area contributed by atoms with Crippen LogP contribution in [0.3, 0.4) is 0 Å². The Morgan fingerprint density at radius 2 is 1.83 bits per heavy atom. The molecule has 5 rings (SSSR count). The fourth-order valence-electron chi connectivity index (χ4n) is 6.07. The number of carboxylic acids is 2. The number of hydrogen-bond donors (Lipinski definition) is 5. The van der Waals surface area contributed by atoms with E-state index in [4.69, 9.17) is 5.73 Å². The van der Waals surface area contributed by atoms with E-state index in [1.54, 1.807) is 31.2 Å². The van der Waals surface area contributed by atoms with Crippen molar-refractivity contribution in [1.29, 1.82) is 0 Å². The number of likely N-dealkylation sites (tertiary alicyclic amines) is 1. The number of aliphatic carboxylic acids is 1. The molecule has 2 amide bonds. The Bertz CT molecular complexity index is 1430. The summed E-state index contributed by atoms with van der Waals surface area (Å²) in [6.45, 7) is 4.34. The van der Waals surface area contributed by atoms with Crippen molar-refractivity contribution in [3.8, 4) is 0 Å². The lowest BCUT2D eigenvalue weighted by Gasteiger charge is -2.46. The summed E-state index contributed by atoms with van der Waals surface area (Å²) in [5.74, 6) is -3.90. The van der Waals surface area contributed by atoms with Gasteiger partial charge in [0, 0.05) is 40.5 Å². The van der Waals surface area contributed by atoms with Gasteiger partial charge in [-0.05, 0) is 49.2 Å². The van der Waals surface area contributed by atoms with Gasteiger partial charge in [-0.1, -0.05) is 25.1 Å². The van der Waals surface area contributed by atoms with Crippen LogP contribution in [-0.4, -0.2) is 78.9 Å². The monoisotopic (exact) mass is 580 g/mol. The first kappa shape index (κ1) is 28.7. The topological polar surface area (TPSA) is 174 Å². The first-order valence-corrected chi connectivity index (χ1v) is 14.2. The van der Waals surface area contributed by atoms with Crippen molar-refractivity contribution in [1.82, 2.24) is 9.80 Å². The maximum absolute atomic E-state index is 13.5. The zero-order valence-electron chi connectivity index (χ0n) is 22.6. The molecule has 3 aliphatic heterocycles. The second kappa shape index (κ2) is 11.2. The van der Waals surface area contributed by atoms with Gasteiger partial charge in [-0.25, -0.2) is 9.59 Å². The quantitative estimate of drug-likeness (QED) is 0.219. The molecule has 2 aromatic carbocycles. The number of nitrogen functional groups attached to an aromatic ring is 1. The summed E-state index contributed by atoms with van der Waals surface area (Å²) in [7, 11) is 0. The van der Waals surface area contributed by atoms with Crippen molar-refractivity contribution >= 4 is 46.9 Å². The summed E-state index contributed by atoms with van der Waals surface area (Å²) in [5, 5.41) is 32.2. The molecule has 2 fully saturated rings. The van der Waals surface area contributed by atoms with Crippen molar-refractivity contribution in [3.63, 3.8) is 0 Å². The highest BCUT2D eigenvalue weighted by molar-refractivity contribution is 8.03. The molecular weight excluding hydrogens is 548 g/mol. The van der Waals surface area contributed by atoms with E-state index in [1.165, 1.54) is 28.8 Å². The molecule has 0 aromatic heterocycles. The summed E-state index contributed by atoms with van der Waals surface area (Å²) >= 11 is 1.38. The molecule has 0 radical (unpaired) electrons. The first-order valence-electron chi connectivity index (χ1n) is 13.3. The lowest BCUT2D eigenvalue weighted by molar-refractivity contribution is -0.163. The van der Waals surface area contributed by atoms with Crippen LogP contribution in [0.1, 0.15) is 36.2 Å². The van der Waals surface area contributed by atoms with Crippen molar-refractivity contribution in [2.24, 2.45) is 11.8 Å². The molecule has 0 bridgehead atoms. The average molecular weight is 581 g/mol. The summed E-state index contributed by atoms with van der Waals surface area (Å²) in [5.41, 5.74) is 7.79. The average Bonchev–Trinajstić information content (AvgIpc) is 3.42. The second-order valence-electron chi connectivity index (χ2n) is 10.8. The number of anilines is 2. The number of aliphatic hydroxyl groups excluding tert-OH is 1. The number of carboxylic acid groups (broad SMARTS) is 2. The van der Waals surface area contributed by atoms with E-state index < -0.39 is 36.0 Å². The number of fused-ring (bicyclic) bond motifs is 1. The Morgan fingerprint density at radius 3 is 2.46 bits per heavy atom. The molecular formula is C29H32N4O7S. The fraction of sp³-hybridized carbons (Fsp3) is 0.379. The van der Waals surface area contributed by atoms with Gasteiger partial charge < -0.3 is 31.3 Å².